The number of nitrogens with one attached hydrogen (secondary N) is 1. The number of urea groups is 1. The Morgan fingerprint density at radius 1 is 1.30 bits per heavy atom. The van der Waals surface area contributed by atoms with E-state index < -0.39 is 0 Å². The fourth-order valence-electron chi connectivity index (χ4n) is 3.75. The van der Waals surface area contributed by atoms with Crippen LogP contribution >= 0.6 is 11.6 Å². The van der Waals surface area contributed by atoms with Crippen molar-refractivity contribution < 1.29 is 9.53 Å². The fourth-order valence-corrected chi connectivity index (χ4v) is 3.92. The number of aromatic nitrogens is 2. The van der Waals surface area contributed by atoms with Crippen LogP contribution in [0.5, 0.6) is 0 Å². The first-order valence-corrected chi connectivity index (χ1v) is 9.64. The number of halogens is 1. The normalized spacial score (nSPS) is 20.1. The highest BCUT2D eigenvalue weighted by molar-refractivity contribution is 6.31. The molecule has 0 spiro atoms. The number of ether oxygens (including phenoxy) is 1. The number of hydrogen-bond acceptors (Lipinski definition) is 4. The Balaban J connectivity index is 1.45. The number of benzene rings is 1. The highest BCUT2D eigenvalue weighted by Crippen LogP contribution is 2.31. The summed E-state index contributed by atoms with van der Waals surface area (Å²) < 4.78 is 7.24. The third-order valence-corrected chi connectivity index (χ3v) is 5.46. The van der Waals surface area contributed by atoms with E-state index in [1.165, 1.54) is 5.56 Å². The third-order valence-electron chi connectivity index (χ3n) is 5.22. The van der Waals surface area contributed by atoms with Crippen LogP contribution in [0.1, 0.15) is 17.9 Å². The number of likely N-dealkylation sites (tertiary alicyclic amines) is 1. The number of nitrogens with zero attached hydrogens (tertiary/aromatic N) is 4. The van der Waals surface area contributed by atoms with Crippen molar-refractivity contribution in [2.45, 2.75) is 12.3 Å². The highest BCUT2D eigenvalue weighted by atomic mass is 35.5. The molecule has 2 aromatic rings. The second-order valence-corrected chi connectivity index (χ2v) is 7.51. The van der Waals surface area contributed by atoms with Crippen LogP contribution in [0.3, 0.4) is 0 Å². The highest BCUT2D eigenvalue weighted by Gasteiger charge is 2.29. The van der Waals surface area contributed by atoms with E-state index in [2.05, 4.69) is 15.3 Å². The van der Waals surface area contributed by atoms with Crippen molar-refractivity contribution in [2.75, 3.05) is 49.6 Å². The molecule has 1 N–H and O–H groups in total. The maximum Gasteiger partial charge on any atom is 0.321 e. The predicted molar refractivity (Wildman–Crippen MR) is 106 cm³/mol. The summed E-state index contributed by atoms with van der Waals surface area (Å²) >= 11 is 6.19. The maximum atomic E-state index is 12.9. The molecule has 0 radical (unpaired) electrons. The lowest BCUT2D eigenvalue weighted by atomic mass is 10.0. The fraction of sp³-hybridized carbons (Fsp3) is 0.474. The van der Waals surface area contributed by atoms with Gasteiger partial charge in [0.05, 0.1) is 30.8 Å². The van der Waals surface area contributed by atoms with Crippen molar-refractivity contribution in [1.82, 2.24) is 14.7 Å². The lowest BCUT2D eigenvalue weighted by Crippen LogP contribution is -2.38. The largest absolute Gasteiger partial charge is 0.378 e. The minimum absolute atomic E-state index is 0.0850. The Kier molecular flexibility index (Phi) is 5.22. The van der Waals surface area contributed by atoms with Gasteiger partial charge in [0.15, 0.2) is 0 Å². The molecule has 1 aromatic carbocycles. The molecule has 4 rings (SSSR count). The molecule has 27 heavy (non-hydrogen) atoms. The van der Waals surface area contributed by atoms with Gasteiger partial charge in [0.2, 0.25) is 0 Å². The molecule has 0 aliphatic carbocycles. The first kappa shape index (κ1) is 18.1. The number of morpholine rings is 1. The molecule has 3 heterocycles. The van der Waals surface area contributed by atoms with Crippen molar-refractivity contribution in [3.05, 3.63) is 41.2 Å². The Bertz CT molecular complexity index is 818. The standard InChI is InChI=1S/C19H24ClN5O2/c1-23-12-15(11-21-23)14-4-5-25(13-14)19(26)22-17-10-16(20)2-3-18(17)24-6-8-27-9-7-24/h2-3,10-12,14H,4-9,13H2,1H3,(H,22,26)/t14-/m0/s1. The SMILES string of the molecule is Cn1cc([C@H]2CCN(C(=O)Nc3cc(Cl)ccc3N3CCOCC3)C2)cn1. The summed E-state index contributed by atoms with van der Waals surface area (Å²) in [5.74, 6) is 0.336. The van der Waals surface area contributed by atoms with Crippen LogP contribution in [0.2, 0.25) is 5.02 Å². The van der Waals surface area contributed by atoms with Gasteiger partial charge in [-0.05, 0) is 30.2 Å². The Morgan fingerprint density at radius 3 is 2.85 bits per heavy atom. The van der Waals surface area contributed by atoms with Crippen LogP contribution in [0.15, 0.2) is 30.6 Å². The second kappa shape index (κ2) is 7.78. The van der Waals surface area contributed by atoms with Gasteiger partial charge < -0.3 is 19.9 Å². The number of hydrogen-bond donors (Lipinski definition) is 1. The van der Waals surface area contributed by atoms with E-state index >= 15 is 0 Å². The number of rotatable bonds is 3. The van der Waals surface area contributed by atoms with Crippen molar-refractivity contribution in [3.63, 3.8) is 0 Å². The van der Waals surface area contributed by atoms with Crippen molar-refractivity contribution in [2.24, 2.45) is 7.05 Å². The first-order chi connectivity index (χ1) is 13.1. The van der Waals surface area contributed by atoms with Gasteiger partial charge >= 0.3 is 6.03 Å². The first-order valence-electron chi connectivity index (χ1n) is 9.27. The quantitative estimate of drug-likeness (QED) is 0.876. The molecule has 0 saturated carbocycles. The lowest BCUT2D eigenvalue weighted by Gasteiger charge is -2.31. The molecule has 2 fully saturated rings. The summed E-state index contributed by atoms with van der Waals surface area (Å²) in [6.07, 6.45) is 4.87. The Morgan fingerprint density at radius 2 is 2.11 bits per heavy atom. The third kappa shape index (κ3) is 4.04. The summed E-state index contributed by atoms with van der Waals surface area (Å²) in [5, 5.41) is 7.91. The zero-order valence-electron chi connectivity index (χ0n) is 15.4. The maximum absolute atomic E-state index is 12.9. The van der Waals surface area contributed by atoms with Gasteiger partial charge in [0, 0.05) is 50.4 Å². The van der Waals surface area contributed by atoms with Crippen molar-refractivity contribution in [1.29, 1.82) is 0 Å². The van der Waals surface area contributed by atoms with E-state index in [9.17, 15) is 4.79 Å². The van der Waals surface area contributed by atoms with Crippen molar-refractivity contribution in [3.8, 4) is 0 Å². The van der Waals surface area contributed by atoms with Crippen LogP contribution in [-0.4, -0.2) is 60.1 Å². The minimum Gasteiger partial charge on any atom is -0.378 e. The summed E-state index contributed by atoms with van der Waals surface area (Å²) in [6, 6.07) is 5.55. The molecule has 1 aromatic heterocycles. The molecular weight excluding hydrogens is 366 g/mol. The summed E-state index contributed by atoms with van der Waals surface area (Å²) in [6.45, 7) is 4.42. The molecule has 0 bridgehead atoms. The number of carbonyl (C=O) groups excluding carboxylic acids is 1. The summed E-state index contributed by atoms with van der Waals surface area (Å²) in [4.78, 5) is 16.9. The van der Waals surface area contributed by atoms with Crippen LogP contribution in [-0.2, 0) is 11.8 Å². The molecule has 2 aliphatic rings. The van der Waals surface area contributed by atoms with E-state index in [1.807, 2.05) is 42.5 Å². The molecule has 2 saturated heterocycles. The lowest BCUT2D eigenvalue weighted by molar-refractivity contribution is 0.123. The molecule has 8 heteroatoms. The number of anilines is 2. The monoisotopic (exact) mass is 389 g/mol. The van der Waals surface area contributed by atoms with Gasteiger partial charge in [-0.1, -0.05) is 11.6 Å². The van der Waals surface area contributed by atoms with Crippen LogP contribution in [0.4, 0.5) is 16.2 Å². The average Bonchev–Trinajstić information content (AvgIpc) is 3.31. The molecule has 144 valence electrons. The molecule has 2 amide bonds. The van der Waals surface area contributed by atoms with E-state index in [1.54, 1.807) is 4.68 Å². The number of carbonyl (C=O) groups is 1. The smallest absolute Gasteiger partial charge is 0.321 e. The topological polar surface area (TPSA) is 62.6 Å². The predicted octanol–water partition coefficient (Wildman–Crippen LogP) is 2.93. The Hall–Kier alpha value is -2.25. The van der Waals surface area contributed by atoms with E-state index in [0.717, 1.165) is 37.4 Å². The average molecular weight is 390 g/mol. The zero-order valence-corrected chi connectivity index (χ0v) is 16.2. The van der Waals surface area contributed by atoms with Crippen LogP contribution < -0.4 is 10.2 Å². The van der Waals surface area contributed by atoms with Crippen molar-refractivity contribution >= 4 is 29.0 Å². The van der Waals surface area contributed by atoms with E-state index in [-0.39, 0.29) is 6.03 Å². The molecular formula is C19H24ClN5O2. The molecule has 2 aliphatic heterocycles. The minimum atomic E-state index is -0.0850. The van der Waals surface area contributed by atoms with Crippen LogP contribution in [0, 0.1) is 0 Å². The van der Waals surface area contributed by atoms with Gasteiger partial charge in [-0.15, -0.1) is 0 Å². The van der Waals surface area contributed by atoms with Gasteiger partial charge in [0.25, 0.3) is 0 Å². The summed E-state index contributed by atoms with van der Waals surface area (Å²) in [5.41, 5.74) is 2.92. The van der Waals surface area contributed by atoms with Gasteiger partial charge in [-0.2, -0.15) is 5.10 Å². The molecule has 1 atom stereocenters. The Labute approximate surface area is 163 Å². The summed E-state index contributed by atoms with van der Waals surface area (Å²) in [7, 11) is 1.91. The van der Waals surface area contributed by atoms with E-state index in [0.29, 0.717) is 30.7 Å². The van der Waals surface area contributed by atoms with E-state index in [4.69, 9.17) is 16.3 Å². The number of aryl methyl sites for hydroxylation is 1. The molecule has 7 nitrogen and oxygen atoms in total. The van der Waals surface area contributed by atoms with Gasteiger partial charge in [-0.25, -0.2) is 4.79 Å². The molecule has 0 unspecified atom stereocenters. The van der Waals surface area contributed by atoms with Crippen LogP contribution in [0.25, 0.3) is 0 Å². The zero-order chi connectivity index (χ0) is 18.8. The second-order valence-electron chi connectivity index (χ2n) is 7.07. The van der Waals surface area contributed by atoms with Gasteiger partial charge in [0.1, 0.15) is 0 Å². The number of amides is 2. The van der Waals surface area contributed by atoms with Gasteiger partial charge in [-0.3, -0.25) is 4.68 Å².